The normalized spacial score (nSPS) is 37.9. The zero-order valence-corrected chi connectivity index (χ0v) is 7.32. The van der Waals surface area contributed by atoms with Crippen molar-refractivity contribution >= 4 is 0 Å². The summed E-state index contributed by atoms with van der Waals surface area (Å²) in [7, 11) is 0. The lowest BCUT2D eigenvalue weighted by Gasteiger charge is -2.24. The fourth-order valence-electron chi connectivity index (χ4n) is 1.68. The van der Waals surface area contributed by atoms with E-state index in [1.54, 1.807) is 0 Å². The largest absolute Gasteiger partial charge is 0.315 e. The smallest absolute Gasteiger partial charge is 0.0290 e. The summed E-state index contributed by atoms with van der Waals surface area (Å²) < 4.78 is 0. The van der Waals surface area contributed by atoms with Gasteiger partial charge in [0.1, 0.15) is 0 Å². The van der Waals surface area contributed by atoms with Crippen LogP contribution in [0.2, 0.25) is 0 Å². The minimum atomic E-state index is 0.405. The summed E-state index contributed by atoms with van der Waals surface area (Å²) in [6, 6.07) is 0. The molecular weight excluding hydrogens is 136 g/mol. The Bertz CT molecular complexity index is 134. The fourth-order valence-corrected chi connectivity index (χ4v) is 1.68. The number of rotatable bonds is 3. The molecule has 1 aliphatic carbocycles. The van der Waals surface area contributed by atoms with Gasteiger partial charge in [0.2, 0.25) is 0 Å². The van der Waals surface area contributed by atoms with Crippen LogP contribution in [0.15, 0.2) is 0 Å². The molecule has 1 heterocycles. The molecule has 0 aromatic heterocycles. The molecule has 0 unspecified atom stereocenters. The van der Waals surface area contributed by atoms with Crippen LogP contribution in [0.1, 0.15) is 26.2 Å². The third kappa shape index (κ3) is 1.94. The SMILES string of the molecule is C[C@@]1(NCC2CC2)CCNC1. The first-order valence-electron chi connectivity index (χ1n) is 4.74. The monoisotopic (exact) mass is 154 g/mol. The third-order valence-corrected chi connectivity index (χ3v) is 2.88. The maximum absolute atomic E-state index is 3.66. The molecule has 0 bridgehead atoms. The van der Waals surface area contributed by atoms with Crippen molar-refractivity contribution in [2.75, 3.05) is 19.6 Å². The van der Waals surface area contributed by atoms with E-state index < -0.39 is 0 Å². The van der Waals surface area contributed by atoms with Gasteiger partial charge in [0.25, 0.3) is 0 Å². The molecule has 1 atom stereocenters. The minimum Gasteiger partial charge on any atom is -0.315 e. The summed E-state index contributed by atoms with van der Waals surface area (Å²) in [4.78, 5) is 0. The summed E-state index contributed by atoms with van der Waals surface area (Å²) in [6.07, 6.45) is 4.20. The molecule has 1 saturated heterocycles. The number of nitrogens with one attached hydrogen (secondary N) is 2. The molecule has 2 heteroatoms. The molecule has 0 spiro atoms. The van der Waals surface area contributed by atoms with E-state index in [2.05, 4.69) is 17.6 Å². The fraction of sp³-hybridized carbons (Fsp3) is 1.00. The molecule has 1 saturated carbocycles. The first-order chi connectivity index (χ1) is 5.29. The zero-order valence-electron chi connectivity index (χ0n) is 7.32. The van der Waals surface area contributed by atoms with Gasteiger partial charge in [-0.1, -0.05) is 0 Å². The average Bonchev–Trinajstić information content (AvgIpc) is 2.73. The Morgan fingerprint density at radius 3 is 2.91 bits per heavy atom. The first-order valence-corrected chi connectivity index (χ1v) is 4.74. The molecule has 2 rings (SSSR count). The summed E-state index contributed by atoms with van der Waals surface area (Å²) in [5.74, 6) is 1.01. The van der Waals surface area contributed by atoms with Gasteiger partial charge in [-0.15, -0.1) is 0 Å². The highest BCUT2D eigenvalue weighted by atomic mass is 15.1. The van der Waals surface area contributed by atoms with Crippen molar-refractivity contribution in [3.63, 3.8) is 0 Å². The van der Waals surface area contributed by atoms with Gasteiger partial charge in [-0.3, -0.25) is 0 Å². The molecular formula is C9H18N2. The second-order valence-corrected chi connectivity index (χ2v) is 4.31. The lowest BCUT2D eigenvalue weighted by molar-refractivity contribution is 0.380. The molecule has 1 aliphatic heterocycles. The maximum atomic E-state index is 3.66. The van der Waals surface area contributed by atoms with Gasteiger partial charge in [-0.2, -0.15) is 0 Å². The van der Waals surface area contributed by atoms with Gasteiger partial charge >= 0.3 is 0 Å². The Labute approximate surface area is 68.7 Å². The number of hydrogen-bond acceptors (Lipinski definition) is 2. The Morgan fingerprint density at radius 2 is 2.36 bits per heavy atom. The summed E-state index contributed by atoms with van der Waals surface area (Å²) in [5.41, 5.74) is 0.405. The van der Waals surface area contributed by atoms with Crippen LogP contribution in [0, 0.1) is 5.92 Å². The van der Waals surface area contributed by atoms with Crippen molar-refractivity contribution in [3.8, 4) is 0 Å². The van der Waals surface area contributed by atoms with E-state index >= 15 is 0 Å². The highest BCUT2D eigenvalue weighted by Gasteiger charge is 2.30. The van der Waals surface area contributed by atoms with Gasteiger partial charge in [0.15, 0.2) is 0 Å². The highest BCUT2D eigenvalue weighted by molar-refractivity contribution is 4.93. The molecule has 2 fully saturated rings. The number of hydrogen-bond donors (Lipinski definition) is 2. The quantitative estimate of drug-likeness (QED) is 0.626. The van der Waals surface area contributed by atoms with Crippen molar-refractivity contribution in [3.05, 3.63) is 0 Å². The second-order valence-electron chi connectivity index (χ2n) is 4.31. The van der Waals surface area contributed by atoms with E-state index in [1.165, 1.54) is 32.4 Å². The van der Waals surface area contributed by atoms with Crippen molar-refractivity contribution in [1.29, 1.82) is 0 Å². The lowest BCUT2D eigenvalue weighted by atomic mass is 10.0. The van der Waals surface area contributed by atoms with E-state index in [0.717, 1.165) is 12.5 Å². The lowest BCUT2D eigenvalue weighted by Crippen LogP contribution is -2.44. The van der Waals surface area contributed by atoms with Crippen molar-refractivity contribution < 1.29 is 0 Å². The van der Waals surface area contributed by atoms with Gasteiger partial charge in [0.05, 0.1) is 0 Å². The maximum Gasteiger partial charge on any atom is 0.0290 e. The third-order valence-electron chi connectivity index (χ3n) is 2.88. The first kappa shape index (κ1) is 7.56. The van der Waals surface area contributed by atoms with E-state index in [9.17, 15) is 0 Å². The Morgan fingerprint density at radius 1 is 1.55 bits per heavy atom. The van der Waals surface area contributed by atoms with Gasteiger partial charge in [0, 0.05) is 12.1 Å². The van der Waals surface area contributed by atoms with E-state index in [4.69, 9.17) is 0 Å². The van der Waals surface area contributed by atoms with Crippen LogP contribution in [-0.4, -0.2) is 25.2 Å². The Balaban J connectivity index is 1.73. The van der Waals surface area contributed by atoms with Crippen LogP contribution in [0.4, 0.5) is 0 Å². The summed E-state index contributed by atoms with van der Waals surface area (Å²) in [6.45, 7) is 5.92. The molecule has 2 aliphatic rings. The van der Waals surface area contributed by atoms with Gasteiger partial charge in [-0.25, -0.2) is 0 Å². The molecule has 2 nitrogen and oxygen atoms in total. The van der Waals surface area contributed by atoms with E-state index in [1.807, 2.05) is 0 Å². The van der Waals surface area contributed by atoms with Crippen molar-refractivity contribution in [2.24, 2.45) is 5.92 Å². The molecule has 0 aromatic carbocycles. The summed E-state index contributed by atoms with van der Waals surface area (Å²) in [5, 5.41) is 7.05. The predicted molar refractivity (Wildman–Crippen MR) is 46.6 cm³/mol. The molecule has 0 radical (unpaired) electrons. The molecule has 11 heavy (non-hydrogen) atoms. The van der Waals surface area contributed by atoms with Crippen LogP contribution in [0.5, 0.6) is 0 Å². The molecule has 0 aromatic rings. The van der Waals surface area contributed by atoms with Gasteiger partial charge < -0.3 is 10.6 Å². The standard InChI is InChI=1S/C9H18N2/c1-9(4-5-10-7-9)11-6-8-2-3-8/h8,10-11H,2-7H2,1H3/t9-/m1/s1. The van der Waals surface area contributed by atoms with E-state index in [0.29, 0.717) is 5.54 Å². The van der Waals surface area contributed by atoms with Crippen LogP contribution in [0.25, 0.3) is 0 Å². The Hall–Kier alpha value is -0.0800. The van der Waals surface area contributed by atoms with Crippen LogP contribution in [-0.2, 0) is 0 Å². The predicted octanol–water partition coefficient (Wildman–Crippen LogP) is 0.738. The highest BCUT2D eigenvalue weighted by Crippen LogP contribution is 2.28. The molecule has 0 amide bonds. The molecule has 64 valence electrons. The second kappa shape index (κ2) is 2.76. The van der Waals surface area contributed by atoms with Gasteiger partial charge in [-0.05, 0) is 45.2 Å². The molecule has 2 N–H and O–H groups in total. The zero-order chi connectivity index (χ0) is 7.73. The van der Waals surface area contributed by atoms with Crippen molar-refractivity contribution in [2.45, 2.75) is 31.7 Å². The van der Waals surface area contributed by atoms with Crippen LogP contribution in [0.3, 0.4) is 0 Å². The van der Waals surface area contributed by atoms with Crippen LogP contribution >= 0.6 is 0 Å². The minimum absolute atomic E-state index is 0.405. The van der Waals surface area contributed by atoms with Crippen LogP contribution < -0.4 is 10.6 Å². The Kier molecular flexibility index (Phi) is 1.90. The van der Waals surface area contributed by atoms with E-state index in [-0.39, 0.29) is 0 Å². The average molecular weight is 154 g/mol. The topological polar surface area (TPSA) is 24.1 Å². The summed E-state index contributed by atoms with van der Waals surface area (Å²) >= 11 is 0. The van der Waals surface area contributed by atoms with Crippen molar-refractivity contribution in [1.82, 2.24) is 10.6 Å².